The molecule has 0 unspecified atom stereocenters. The normalized spacial score (nSPS) is 11.3. The molecule has 1 N–H and O–H groups in total. The summed E-state index contributed by atoms with van der Waals surface area (Å²) in [6.07, 6.45) is 1.33. The second kappa shape index (κ2) is 11.5. The lowest BCUT2D eigenvalue weighted by Gasteiger charge is -2.17. The van der Waals surface area contributed by atoms with Crippen molar-refractivity contribution in [1.82, 2.24) is 9.62 Å². The van der Waals surface area contributed by atoms with Crippen molar-refractivity contribution in [1.29, 1.82) is 0 Å². The van der Waals surface area contributed by atoms with Gasteiger partial charge in [0.05, 0.1) is 11.5 Å². The van der Waals surface area contributed by atoms with Gasteiger partial charge in [-0.15, -0.1) is 0 Å². The number of benzene rings is 2. The molecule has 0 radical (unpaired) electrons. The van der Waals surface area contributed by atoms with Crippen LogP contribution in [0.25, 0.3) is 0 Å². The third kappa shape index (κ3) is 7.27. The van der Waals surface area contributed by atoms with Gasteiger partial charge in [-0.05, 0) is 44.0 Å². The van der Waals surface area contributed by atoms with E-state index in [0.29, 0.717) is 31.6 Å². The fourth-order valence-electron chi connectivity index (χ4n) is 2.72. The van der Waals surface area contributed by atoms with E-state index in [2.05, 4.69) is 5.32 Å². The maximum Gasteiger partial charge on any atom is 0.242 e. The molecule has 7 nitrogen and oxygen atoms in total. The molecule has 30 heavy (non-hydrogen) atoms. The van der Waals surface area contributed by atoms with E-state index < -0.39 is 10.0 Å². The second-order valence-electron chi connectivity index (χ2n) is 6.88. The highest BCUT2D eigenvalue weighted by Crippen LogP contribution is 2.16. The van der Waals surface area contributed by atoms with Crippen LogP contribution in [0.2, 0.25) is 0 Å². The van der Waals surface area contributed by atoms with E-state index in [0.717, 1.165) is 5.75 Å². The zero-order valence-corrected chi connectivity index (χ0v) is 18.2. The molecule has 162 valence electrons. The Morgan fingerprint density at radius 2 is 1.67 bits per heavy atom. The van der Waals surface area contributed by atoms with Gasteiger partial charge in [-0.1, -0.05) is 30.3 Å². The Balaban J connectivity index is 1.66. The van der Waals surface area contributed by atoms with Gasteiger partial charge in [-0.25, -0.2) is 12.7 Å². The molecule has 0 aliphatic rings. The van der Waals surface area contributed by atoms with E-state index in [1.54, 1.807) is 0 Å². The molecule has 2 aromatic carbocycles. The largest absolute Gasteiger partial charge is 0.494 e. The first-order valence-electron chi connectivity index (χ1n) is 9.82. The van der Waals surface area contributed by atoms with Crippen LogP contribution in [0.4, 0.5) is 0 Å². The maximum absolute atomic E-state index is 12.6. The second-order valence-corrected chi connectivity index (χ2v) is 8.92. The Kier molecular flexibility index (Phi) is 9.01. The Morgan fingerprint density at radius 1 is 1.00 bits per heavy atom. The number of para-hydroxylation sites is 1. The van der Waals surface area contributed by atoms with Gasteiger partial charge < -0.3 is 10.1 Å². The topological polar surface area (TPSA) is 92.8 Å². The average molecular weight is 433 g/mol. The maximum atomic E-state index is 12.6. The predicted molar refractivity (Wildman–Crippen MR) is 115 cm³/mol. The monoisotopic (exact) mass is 432 g/mol. The quantitative estimate of drug-likeness (QED) is 0.411. The van der Waals surface area contributed by atoms with Crippen molar-refractivity contribution in [3.63, 3.8) is 0 Å². The number of nitrogens with one attached hydrogen (secondary N) is 1. The Bertz CT molecular complexity index is 928. The average Bonchev–Trinajstić information content (AvgIpc) is 2.74. The summed E-state index contributed by atoms with van der Waals surface area (Å²) in [4.78, 5) is 23.4. The smallest absolute Gasteiger partial charge is 0.242 e. The van der Waals surface area contributed by atoms with E-state index in [9.17, 15) is 18.0 Å². The number of carbonyl (C=O) groups excluding carboxylic acids is 2. The van der Waals surface area contributed by atoms with Crippen molar-refractivity contribution in [3.8, 4) is 5.75 Å². The van der Waals surface area contributed by atoms with E-state index in [1.807, 2.05) is 30.3 Å². The molecule has 1 amide bonds. The van der Waals surface area contributed by atoms with Crippen LogP contribution in [0.5, 0.6) is 5.75 Å². The number of ether oxygens (including phenoxy) is 1. The highest BCUT2D eigenvalue weighted by molar-refractivity contribution is 7.89. The fourth-order valence-corrected chi connectivity index (χ4v) is 3.93. The number of hydrogen-bond acceptors (Lipinski definition) is 5. The lowest BCUT2D eigenvalue weighted by Crippen LogP contribution is -2.30. The summed E-state index contributed by atoms with van der Waals surface area (Å²) in [6, 6.07) is 15.3. The number of hydrogen-bond donors (Lipinski definition) is 1. The standard InChI is InChI=1S/C22H28N2O5S/c1-18(25)19-11-13-21(14-12-19)30(27,28)24(2)16-6-10-22(26)23-15-7-17-29-20-8-4-3-5-9-20/h3-5,8-9,11-14H,6-7,10,15-17H2,1-2H3,(H,23,26). The van der Waals surface area contributed by atoms with Gasteiger partial charge in [0.15, 0.2) is 5.78 Å². The summed E-state index contributed by atoms with van der Waals surface area (Å²) in [5.74, 6) is 0.556. The number of ketones is 1. The van der Waals surface area contributed by atoms with Crippen LogP contribution in [0.3, 0.4) is 0 Å². The van der Waals surface area contributed by atoms with Crippen molar-refractivity contribution in [3.05, 3.63) is 60.2 Å². The van der Waals surface area contributed by atoms with Gasteiger partial charge in [0.25, 0.3) is 0 Å². The van der Waals surface area contributed by atoms with Crippen LogP contribution in [0.15, 0.2) is 59.5 Å². The van der Waals surface area contributed by atoms with Gasteiger partial charge in [0.2, 0.25) is 15.9 Å². The number of sulfonamides is 1. The highest BCUT2D eigenvalue weighted by Gasteiger charge is 2.20. The molecule has 0 saturated heterocycles. The third-order valence-electron chi connectivity index (χ3n) is 4.50. The molecule has 0 aliphatic carbocycles. The van der Waals surface area contributed by atoms with Crippen molar-refractivity contribution in [2.45, 2.75) is 31.1 Å². The predicted octanol–water partition coefficient (Wildman–Crippen LogP) is 2.88. The van der Waals surface area contributed by atoms with Crippen molar-refractivity contribution in [2.24, 2.45) is 0 Å². The van der Waals surface area contributed by atoms with E-state index in [4.69, 9.17) is 4.74 Å². The molecule has 0 saturated carbocycles. The highest BCUT2D eigenvalue weighted by atomic mass is 32.2. The zero-order valence-electron chi connectivity index (χ0n) is 17.3. The minimum atomic E-state index is -3.66. The number of Topliss-reactive ketones (excluding diaryl/α,β-unsaturated/α-hetero) is 1. The molecule has 0 aliphatic heterocycles. The molecule has 2 rings (SSSR count). The summed E-state index contributed by atoms with van der Waals surface area (Å²) in [5.41, 5.74) is 0.461. The van der Waals surface area contributed by atoms with Crippen molar-refractivity contribution >= 4 is 21.7 Å². The lowest BCUT2D eigenvalue weighted by molar-refractivity contribution is -0.121. The molecule has 8 heteroatoms. The van der Waals surface area contributed by atoms with Gasteiger partial charge in [-0.2, -0.15) is 0 Å². The zero-order chi connectivity index (χ0) is 22.0. The first-order chi connectivity index (χ1) is 14.3. The summed E-state index contributed by atoms with van der Waals surface area (Å²) < 4.78 is 31.9. The molecule has 0 bridgehead atoms. The minimum Gasteiger partial charge on any atom is -0.494 e. The number of rotatable bonds is 12. The Hall–Kier alpha value is -2.71. The van der Waals surface area contributed by atoms with E-state index in [-0.39, 0.29) is 29.6 Å². The van der Waals surface area contributed by atoms with Crippen LogP contribution in [-0.2, 0) is 14.8 Å². The van der Waals surface area contributed by atoms with Gasteiger partial charge in [0, 0.05) is 32.1 Å². The summed E-state index contributed by atoms with van der Waals surface area (Å²) in [6.45, 7) is 2.66. The fraction of sp³-hybridized carbons (Fsp3) is 0.364. The van der Waals surface area contributed by atoms with Gasteiger partial charge in [-0.3, -0.25) is 9.59 Å². The first-order valence-corrected chi connectivity index (χ1v) is 11.3. The molecule has 2 aromatic rings. The molecule has 0 fully saturated rings. The molecule has 0 heterocycles. The summed E-state index contributed by atoms with van der Waals surface area (Å²) >= 11 is 0. The summed E-state index contributed by atoms with van der Waals surface area (Å²) in [7, 11) is -2.18. The van der Waals surface area contributed by atoms with Gasteiger partial charge in [0.1, 0.15) is 5.75 Å². The molecule has 0 atom stereocenters. The van der Waals surface area contributed by atoms with Crippen LogP contribution in [0, 0.1) is 0 Å². The number of carbonyl (C=O) groups is 2. The van der Waals surface area contributed by atoms with Crippen molar-refractivity contribution < 1.29 is 22.7 Å². The Morgan fingerprint density at radius 3 is 2.30 bits per heavy atom. The number of amides is 1. The molecule has 0 aromatic heterocycles. The van der Waals surface area contributed by atoms with Gasteiger partial charge >= 0.3 is 0 Å². The Labute approximate surface area is 178 Å². The SMILES string of the molecule is CC(=O)c1ccc(S(=O)(=O)N(C)CCCC(=O)NCCCOc2ccccc2)cc1. The van der Waals surface area contributed by atoms with Crippen molar-refractivity contribution in [2.75, 3.05) is 26.7 Å². The lowest BCUT2D eigenvalue weighted by atomic mass is 10.2. The van der Waals surface area contributed by atoms with Crippen LogP contribution < -0.4 is 10.1 Å². The minimum absolute atomic E-state index is 0.119. The van der Waals surface area contributed by atoms with E-state index in [1.165, 1.54) is 42.5 Å². The third-order valence-corrected chi connectivity index (χ3v) is 6.37. The first kappa shape index (κ1) is 23.6. The van der Waals surface area contributed by atoms with Crippen LogP contribution in [0.1, 0.15) is 36.5 Å². The molecular weight excluding hydrogens is 404 g/mol. The summed E-state index contributed by atoms with van der Waals surface area (Å²) in [5, 5.41) is 2.81. The molecular formula is C22H28N2O5S. The van der Waals surface area contributed by atoms with Crippen LogP contribution >= 0.6 is 0 Å². The van der Waals surface area contributed by atoms with E-state index >= 15 is 0 Å². The molecule has 0 spiro atoms. The van der Waals surface area contributed by atoms with Crippen LogP contribution in [-0.4, -0.2) is 51.2 Å². The number of nitrogens with zero attached hydrogens (tertiary/aromatic N) is 1.